The van der Waals surface area contributed by atoms with Gasteiger partial charge in [-0.2, -0.15) is 0 Å². The van der Waals surface area contributed by atoms with E-state index >= 15 is 0 Å². The van der Waals surface area contributed by atoms with Gasteiger partial charge >= 0.3 is 0 Å². The Hall–Kier alpha value is -1.81. The Labute approximate surface area is 126 Å². The van der Waals surface area contributed by atoms with Gasteiger partial charge in [-0.1, -0.05) is 12.1 Å². The molecule has 0 saturated carbocycles. The molecule has 0 spiro atoms. The molecule has 4 heteroatoms. The summed E-state index contributed by atoms with van der Waals surface area (Å²) in [7, 11) is 1.70. The molecule has 0 amide bonds. The van der Waals surface area contributed by atoms with Crippen molar-refractivity contribution in [3.8, 4) is 17.1 Å². The van der Waals surface area contributed by atoms with Crippen molar-refractivity contribution in [1.29, 1.82) is 0 Å². The lowest BCUT2D eigenvalue weighted by molar-refractivity contribution is 0.415. The number of imidazole rings is 1. The summed E-state index contributed by atoms with van der Waals surface area (Å²) in [4.78, 5) is 4.66. The quantitative estimate of drug-likeness (QED) is 0.696. The van der Waals surface area contributed by atoms with Crippen molar-refractivity contribution in [1.82, 2.24) is 9.38 Å². The van der Waals surface area contributed by atoms with Crippen molar-refractivity contribution in [2.45, 2.75) is 13.8 Å². The fourth-order valence-electron chi connectivity index (χ4n) is 2.55. The molecule has 0 saturated heterocycles. The zero-order valence-electron chi connectivity index (χ0n) is 11.6. The number of methoxy groups -OCH3 is 1. The van der Waals surface area contributed by atoms with Crippen LogP contribution in [0, 0.1) is 13.8 Å². The standard InChI is InChI=1S/C16H15BrN2O/c1-10-8-11(2)14(13(9-10)20-3)16-18-15(17)12-6-4-5-7-19(12)16/h4-9H,1-3H3. The minimum Gasteiger partial charge on any atom is -0.496 e. The molecule has 3 nitrogen and oxygen atoms in total. The van der Waals surface area contributed by atoms with Crippen LogP contribution in [-0.4, -0.2) is 16.5 Å². The van der Waals surface area contributed by atoms with Crippen molar-refractivity contribution in [3.63, 3.8) is 0 Å². The number of halogens is 1. The molecule has 0 aliphatic carbocycles. The summed E-state index contributed by atoms with van der Waals surface area (Å²) in [6.45, 7) is 4.15. The van der Waals surface area contributed by atoms with E-state index in [1.807, 2.05) is 30.5 Å². The van der Waals surface area contributed by atoms with E-state index in [1.54, 1.807) is 7.11 Å². The molecule has 2 aromatic heterocycles. The third kappa shape index (κ3) is 2.00. The van der Waals surface area contributed by atoms with Crippen molar-refractivity contribution in [2.24, 2.45) is 0 Å². The summed E-state index contributed by atoms with van der Waals surface area (Å²) in [5.74, 6) is 1.74. The number of aromatic nitrogens is 2. The van der Waals surface area contributed by atoms with E-state index in [4.69, 9.17) is 4.74 Å². The molecule has 0 aliphatic heterocycles. The van der Waals surface area contributed by atoms with Crippen LogP contribution < -0.4 is 4.74 Å². The largest absolute Gasteiger partial charge is 0.496 e. The lowest BCUT2D eigenvalue weighted by Crippen LogP contribution is -1.96. The van der Waals surface area contributed by atoms with E-state index in [-0.39, 0.29) is 0 Å². The Bertz CT molecular complexity index is 793. The molecule has 102 valence electrons. The molecule has 0 aliphatic rings. The van der Waals surface area contributed by atoms with Crippen molar-refractivity contribution in [3.05, 3.63) is 52.3 Å². The van der Waals surface area contributed by atoms with E-state index in [0.717, 1.165) is 32.8 Å². The van der Waals surface area contributed by atoms with Gasteiger partial charge in [0.25, 0.3) is 0 Å². The maximum atomic E-state index is 5.55. The van der Waals surface area contributed by atoms with Crippen molar-refractivity contribution >= 4 is 21.4 Å². The highest BCUT2D eigenvalue weighted by Gasteiger charge is 2.17. The second-order valence-corrected chi connectivity index (χ2v) is 5.59. The highest BCUT2D eigenvalue weighted by molar-refractivity contribution is 9.10. The fraction of sp³-hybridized carbons (Fsp3) is 0.188. The number of pyridine rings is 1. The molecule has 3 aromatic rings. The van der Waals surface area contributed by atoms with E-state index in [1.165, 1.54) is 5.56 Å². The summed E-state index contributed by atoms with van der Waals surface area (Å²) in [6.07, 6.45) is 2.02. The monoisotopic (exact) mass is 330 g/mol. The van der Waals surface area contributed by atoms with Crippen LogP contribution in [0.4, 0.5) is 0 Å². The van der Waals surface area contributed by atoms with E-state index in [2.05, 4.69) is 45.2 Å². The Morgan fingerprint density at radius 2 is 2.00 bits per heavy atom. The third-order valence-corrected chi connectivity index (χ3v) is 3.97. The number of aryl methyl sites for hydroxylation is 2. The zero-order chi connectivity index (χ0) is 14.3. The first-order chi connectivity index (χ1) is 9.61. The molecule has 1 aromatic carbocycles. The van der Waals surface area contributed by atoms with Gasteiger partial charge in [-0.3, -0.25) is 4.40 Å². The van der Waals surface area contributed by atoms with E-state index < -0.39 is 0 Å². The van der Waals surface area contributed by atoms with Gasteiger partial charge < -0.3 is 4.74 Å². The van der Waals surface area contributed by atoms with Crippen LogP contribution in [-0.2, 0) is 0 Å². The summed E-state index contributed by atoms with van der Waals surface area (Å²) >= 11 is 3.53. The number of rotatable bonds is 2. The van der Waals surface area contributed by atoms with Crippen LogP contribution in [0.25, 0.3) is 16.9 Å². The SMILES string of the molecule is COc1cc(C)cc(C)c1-c1nc(Br)c2ccccn12. The molecule has 20 heavy (non-hydrogen) atoms. The molecule has 0 N–H and O–H groups in total. The zero-order valence-corrected chi connectivity index (χ0v) is 13.2. The smallest absolute Gasteiger partial charge is 0.149 e. The number of fused-ring (bicyclic) bond motifs is 1. The molecule has 0 atom stereocenters. The molecule has 0 unspecified atom stereocenters. The minimum absolute atomic E-state index is 0.843. The maximum absolute atomic E-state index is 5.55. The van der Waals surface area contributed by atoms with Gasteiger partial charge in [-0.25, -0.2) is 4.98 Å². The van der Waals surface area contributed by atoms with Gasteiger partial charge in [0.15, 0.2) is 0 Å². The molecule has 0 radical (unpaired) electrons. The number of hydrogen-bond acceptors (Lipinski definition) is 2. The van der Waals surface area contributed by atoms with Crippen molar-refractivity contribution in [2.75, 3.05) is 7.11 Å². The minimum atomic E-state index is 0.843. The third-order valence-electron chi connectivity index (χ3n) is 3.39. The first kappa shape index (κ1) is 13.2. The Kier molecular flexibility index (Phi) is 3.26. The van der Waals surface area contributed by atoms with Gasteiger partial charge in [0, 0.05) is 6.20 Å². The Morgan fingerprint density at radius 3 is 2.75 bits per heavy atom. The second-order valence-electron chi connectivity index (χ2n) is 4.84. The Balaban J connectivity index is 2.37. The van der Waals surface area contributed by atoms with Crippen LogP contribution >= 0.6 is 15.9 Å². The highest BCUT2D eigenvalue weighted by atomic mass is 79.9. The topological polar surface area (TPSA) is 26.5 Å². The number of ether oxygens (including phenoxy) is 1. The first-order valence-electron chi connectivity index (χ1n) is 6.40. The number of benzene rings is 1. The lowest BCUT2D eigenvalue weighted by Gasteiger charge is -2.12. The summed E-state index contributed by atoms with van der Waals surface area (Å²) < 4.78 is 8.47. The van der Waals surface area contributed by atoms with Gasteiger partial charge in [-0.15, -0.1) is 0 Å². The van der Waals surface area contributed by atoms with Gasteiger partial charge in [0.05, 0.1) is 18.2 Å². The fourth-order valence-corrected chi connectivity index (χ4v) is 3.04. The summed E-state index contributed by atoms with van der Waals surface area (Å²) in [6, 6.07) is 10.2. The molecular formula is C16H15BrN2O. The molecular weight excluding hydrogens is 316 g/mol. The van der Waals surface area contributed by atoms with Crippen LogP contribution in [0.1, 0.15) is 11.1 Å². The lowest BCUT2D eigenvalue weighted by atomic mass is 10.0. The van der Waals surface area contributed by atoms with Crippen LogP contribution in [0.3, 0.4) is 0 Å². The number of nitrogens with zero attached hydrogens (tertiary/aromatic N) is 2. The molecule has 0 fully saturated rings. The van der Waals surface area contributed by atoms with Crippen LogP contribution in [0.15, 0.2) is 41.1 Å². The van der Waals surface area contributed by atoms with Gasteiger partial charge in [0.2, 0.25) is 0 Å². The number of hydrogen-bond donors (Lipinski definition) is 0. The normalized spacial score (nSPS) is 11.0. The molecule has 2 heterocycles. The predicted molar refractivity (Wildman–Crippen MR) is 84.4 cm³/mol. The Morgan fingerprint density at radius 1 is 1.20 bits per heavy atom. The van der Waals surface area contributed by atoms with E-state index in [9.17, 15) is 0 Å². The maximum Gasteiger partial charge on any atom is 0.149 e. The highest BCUT2D eigenvalue weighted by Crippen LogP contribution is 2.35. The van der Waals surface area contributed by atoms with Crippen LogP contribution in [0.2, 0.25) is 0 Å². The average molecular weight is 331 g/mol. The summed E-state index contributed by atoms with van der Waals surface area (Å²) in [5, 5.41) is 0. The van der Waals surface area contributed by atoms with Gasteiger partial charge in [-0.05, 0) is 59.1 Å². The molecule has 3 rings (SSSR count). The second kappa shape index (κ2) is 4.94. The predicted octanol–water partition coefficient (Wildman–Crippen LogP) is 4.39. The first-order valence-corrected chi connectivity index (χ1v) is 7.19. The van der Waals surface area contributed by atoms with Crippen LogP contribution in [0.5, 0.6) is 5.75 Å². The van der Waals surface area contributed by atoms with Crippen molar-refractivity contribution < 1.29 is 4.74 Å². The molecule has 0 bridgehead atoms. The van der Waals surface area contributed by atoms with Gasteiger partial charge in [0.1, 0.15) is 16.2 Å². The van der Waals surface area contributed by atoms with E-state index in [0.29, 0.717) is 0 Å². The average Bonchev–Trinajstić information content (AvgIpc) is 2.75. The summed E-state index contributed by atoms with van der Waals surface area (Å²) in [5.41, 5.74) is 4.42.